The number of nitrogens with zero attached hydrogens (tertiary/aromatic N) is 6. The van der Waals surface area contributed by atoms with Gasteiger partial charge in [0.25, 0.3) is 0 Å². The zero-order chi connectivity index (χ0) is 48.6. The van der Waals surface area contributed by atoms with Crippen LogP contribution in [0.15, 0.2) is 34.6 Å². The molecule has 6 N–H and O–H groups in total. The largest absolute Gasteiger partial charge is 0.507 e. The van der Waals surface area contributed by atoms with Gasteiger partial charge in [0.2, 0.25) is 17.2 Å². The fourth-order valence-corrected chi connectivity index (χ4v) is 9.07. The number of phenols is 2. The first-order valence-electron chi connectivity index (χ1n) is 23.8. The van der Waals surface area contributed by atoms with Crippen LogP contribution in [0.5, 0.6) is 11.5 Å². The van der Waals surface area contributed by atoms with Crippen molar-refractivity contribution in [1.29, 1.82) is 0 Å². The van der Waals surface area contributed by atoms with Gasteiger partial charge in [0.1, 0.15) is 11.5 Å². The molecule has 2 heterocycles. The topological polar surface area (TPSA) is 168 Å². The van der Waals surface area contributed by atoms with Crippen LogP contribution in [-0.2, 0) is 28.2 Å². The number of unbranched alkanes of at least 4 members (excludes halogenated alkanes) is 10. The van der Waals surface area contributed by atoms with E-state index < -0.39 is 0 Å². The Morgan fingerprint density at radius 3 is 1.29 bits per heavy atom. The van der Waals surface area contributed by atoms with E-state index >= 15 is 0 Å². The normalized spacial score (nSPS) is 12.2. The number of aromatic hydroxyl groups is 2. The number of hydrogen-bond donors (Lipinski definition) is 5. The average molecular weight is 953 g/mol. The lowest BCUT2D eigenvalue weighted by Crippen LogP contribution is -2.18. The van der Waals surface area contributed by atoms with E-state index in [1.165, 1.54) is 77.0 Å². The van der Waals surface area contributed by atoms with Crippen LogP contribution in [0, 0.1) is 0 Å². The molecule has 362 valence electrons. The summed E-state index contributed by atoms with van der Waals surface area (Å²) in [5, 5.41) is 30.2. The summed E-state index contributed by atoms with van der Waals surface area (Å²) in [7, 11) is 0. The summed E-state index contributed by atoms with van der Waals surface area (Å²) in [6, 6.07) is 7.93. The highest BCUT2D eigenvalue weighted by atomic mass is 35.5. The Morgan fingerprint density at radius 2 is 0.908 bits per heavy atom. The number of nitrogens with one attached hydrogen (secondary N) is 2. The van der Waals surface area contributed by atoms with E-state index in [0.717, 1.165) is 61.3 Å². The van der Waals surface area contributed by atoms with E-state index in [2.05, 4.69) is 135 Å². The highest BCUT2D eigenvalue weighted by molar-refractivity contribution is 7.99. The fourth-order valence-electron chi connectivity index (χ4n) is 7.14. The molecule has 11 nitrogen and oxygen atoms in total. The van der Waals surface area contributed by atoms with Gasteiger partial charge in [-0.3, -0.25) is 0 Å². The second-order valence-corrected chi connectivity index (χ2v) is 23.6. The minimum absolute atomic E-state index is 0.0240. The predicted molar refractivity (Wildman–Crippen MR) is 279 cm³/mol. The summed E-state index contributed by atoms with van der Waals surface area (Å²) in [4.78, 5) is 26.3. The Labute approximate surface area is 406 Å². The van der Waals surface area contributed by atoms with Gasteiger partial charge in [-0.25, -0.2) is 9.97 Å². The zero-order valence-corrected chi connectivity index (χ0v) is 44.7. The molecule has 0 aliphatic rings. The smallest absolute Gasteiger partial charge is 0.233 e. The minimum Gasteiger partial charge on any atom is -0.507 e. The third-order valence-electron chi connectivity index (χ3n) is 10.9. The molecule has 0 bridgehead atoms. The molecule has 0 fully saturated rings. The molecule has 4 rings (SSSR count). The monoisotopic (exact) mass is 952 g/mol. The van der Waals surface area contributed by atoms with Crippen LogP contribution in [0.3, 0.4) is 0 Å². The number of rotatable bonds is 21. The van der Waals surface area contributed by atoms with E-state index in [-0.39, 0.29) is 38.8 Å². The third-order valence-corrected chi connectivity index (χ3v) is 12.9. The first kappa shape index (κ1) is 55.8. The van der Waals surface area contributed by atoms with Crippen molar-refractivity contribution < 1.29 is 10.2 Å². The summed E-state index contributed by atoms with van der Waals surface area (Å²) in [5.41, 5.74) is 10.1. The van der Waals surface area contributed by atoms with E-state index in [1.54, 1.807) is 23.5 Å². The van der Waals surface area contributed by atoms with Gasteiger partial charge in [-0.1, -0.05) is 185 Å². The lowest BCUT2D eigenvalue weighted by atomic mass is 9.79. The van der Waals surface area contributed by atoms with Crippen LogP contribution in [0.25, 0.3) is 0 Å². The first-order chi connectivity index (χ1) is 30.3. The van der Waals surface area contributed by atoms with Crippen LogP contribution >= 0.6 is 35.1 Å². The van der Waals surface area contributed by atoms with Gasteiger partial charge in [0.15, 0.2) is 16.1 Å². The molecule has 4 aromatic rings. The Balaban J connectivity index is 0.000000395. The lowest BCUT2D eigenvalue weighted by molar-refractivity contribution is 0.422. The SMILES string of the molecule is CC(C)(C)c1cc(Nc2nc(N)nc(Cl)n2)cc(C(C)(C)C)c1O.CCCCCCCCSc1nc(CNc2cc(C(C)(C)C)c(O)c(C(C)(C)C)c2)nc(SCCCCCCCC)n1. The van der Waals surface area contributed by atoms with E-state index in [4.69, 9.17) is 32.3 Å². The maximum Gasteiger partial charge on any atom is 0.233 e. The summed E-state index contributed by atoms with van der Waals surface area (Å²) in [5.74, 6) is 3.89. The highest BCUT2D eigenvalue weighted by Crippen LogP contribution is 2.43. The lowest BCUT2D eigenvalue weighted by Gasteiger charge is -2.28. The van der Waals surface area contributed by atoms with E-state index in [0.29, 0.717) is 18.0 Å². The number of hydrogen-bond acceptors (Lipinski definition) is 13. The molecule has 0 saturated heterocycles. The standard InChI is InChI=1S/C34H58N4OS2.C17H24ClN5O/c1-9-11-13-15-17-19-21-40-31-36-29(37-32(38-31)41-22-20-18-16-14-12-10-2)25-35-26-23-27(33(3,4)5)30(39)28(24-26)34(6,7)8;1-16(2,3)10-7-9(8-11(12(10)24)17(4,5)6)20-15-22-13(18)21-14(19)23-15/h23-24,35,39H,9-22,25H2,1-8H3;7-8,24H,1-6H3,(H3,19,20,21,22,23). The Bertz CT molecular complexity index is 1960. The van der Waals surface area contributed by atoms with Gasteiger partial charge in [-0.15, -0.1) is 0 Å². The van der Waals surface area contributed by atoms with Crippen LogP contribution in [-0.4, -0.2) is 51.6 Å². The molecular weight excluding hydrogens is 870 g/mol. The molecule has 14 heteroatoms. The van der Waals surface area contributed by atoms with Crippen LogP contribution in [0.2, 0.25) is 5.28 Å². The second kappa shape index (κ2) is 25.5. The van der Waals surface area contributed by atoms with Gasteiger partial charge in [-0.05, 0) is 70.4 Å². The number of aromatic nitrogens is 6. The quantitative estimate of drug-likeness (QED) is 0.0304. The van der Waals surface area contributed by atoms with Gasteiger partial charge < -0.3 is 26.6 Å². The van der Waals surface area contributed by atoms with Crippen molar-refractivity contribution in [2.45, 2.75) is 212 Å². The fraction of sp³-hybridized carbons (Fsp3) is 0.647. The van der Waals surface area contributed by atoms with Crippen molar-refractivity contribution in [2.75, 3.05) is 27.9 Å². The van der Waals surface area contributed by atoms with Gasteiger partial charge in [0, 0.05) is 45.1 Å². The van der Waals surface area contributed by atoms with Crippen LogP contribution < -0.4 is 16.4 Å². The second-order valence-electron chi connectivity index (χ2n) is 21.2. The van der Waals surface area contributed by atoms with Crippen molar-refractivity contribution in [1.82, 2.24) is 29.9 Å². The number of nitrogen functional groups attached to an aromatic ring is 1. The van der Waals surface area contributed by atoms with Gasteiger partial charge >= 0.3 is 0 Å². The molecule has 2 aromatic carbocycles. The Kier molecular flexibility index (Phi) is 21.9. The third kappa shape index (κ3) is 19.3. The van der Waals surface area contributed by atoms with Crippen molar-refractivity contribution >= 4 is 58.4 Å². The number of phenolic OH excluding ortho intramolecular Hbond substituents is 2. The molecule has 0 unspecified atom stereocenters. The number of halogens is 1. The maximum atomic E-state index is 11.1. The van der Waals surface area contributed by atoms with Crippen molar-refractivity contribution in [2.24, 2.45) is 0 Å². The average Bonchev–Trinajstić information content (AvgIpc) is 3.18. The van der Waals surface area contributed by atoms with Crippen LogP contribution in [0.1, 0.15) is 202 Å². The molecule has 0 aliphatic carbocycles. The Hall–Kier alpha value is -3.55. The summed E-state index contributed by atoms with van der Waals surface area (Å²) < 4.78 is 0. The minimum atomic E-state index is -0.225. The number of thioether (sulfide) groups is 2. The summed E-state index contributed by atoms with van der Waals surface area (Å²) in [6.07, 6.45) is 15.5. The maximum absolute atomic E-state index is 11.1. The van der Waals surface area contributed by atoms with Crippen LogP contribution in [0.4, 0.5) is 23.3 Å². The molecule has 0 aliphatic heterocycles. The van der Waals surface area contributed by atoms with Crippen molar-refractivity contribution in [3.05, 3.63) is 57.6 Å². The van der Waals surface area contributed by atoms with E-state index in [9.17, 15) is 10.2 Å². The van der Waals surface area contributed by atoms with Gasteiger partial charge in [-0.2, -0.15) is 19.9 Å². The summed E-state index contributed by atoms with van der Waals surface area (Å²) >= 11 is 9.36. The predicted octanol–water partition coefficient (Wildman–Crippen LogP) is 14.8. The molecule has 2 aromatic heterocycles. The molecule has 0 spiro atoms. The molecule has 0 radical (unpaired) electrons. The number of nitrogens with two attached hydrogens (primary N) is 1. The van der Waals surface area contributed by atoms with E-state index in [1.807, 2.05) is 12.1 Å². The molecular formula is C51H82ClN9O2S2. The van der Waals surface area contributed by atoms with Gasteiger partial charge in [0.05, 0.1) is 6.54 Å². The highest BCUT2D eigenvalue weighted by Gasteiger charge is 2.28. The first-order valence-corrected chi connectivity index (χ1v) is 26.1. The summed E-state index contributed by atoms with van der Waals surface area (Å²) in [6.45, 7) is 30.2. The van der Waals surface area contributed by atoms with Crippen molar-refractivity contribution in [3.8, 4) is 11.5 Å². The zero-order valence-electron chi connectivity index (χ0n) is 42.3. The molecule has 65 heavy (non-hydrogen) atoms. The Morgan fingerprint density at radius 1 is 0.523 bits per heavy atom. The van der Waals surface area contributed by atoms with Crippen molar-refractivity contribution in [3.63, 3.8) is 0 Å². The molecule has 0 atom stereocenters. The number of anilines is 4. The molecule has 0 saturated carbocycles. The number of benzene rings is 2. The molecule has 0 amide bonds.